The first-order valence-electron chi connectivity index (χ1n) is 6.28. The lowest BCUT2D eigenvalue weighted by Crippen LogP contribution is -1.96. The number of ketones is 1. The average Bonchev–Trinajstić information content (AvgIpc) is 2.95. The van der Waals surface area contributed by atoms with Gasteiger partial charge in [0.2, 0.25) is 0 Å². The molecule has 0 N–H and O–H groups in total. The van der Waals surface area contributed by atoms with Gasteiger partial charge in [0, 0.05) is 17.4 Å². The lowest BCUT2D eigenvalue weighted by molar-refractivity contribution is -0.116. The number of aromatic nitrogens is 1. The van der Waals surface area contributed by atoms with E-state index in [9.17, 15) is 4.79 Å². The van der Waals surface area contributed by atoms with Gasteiger partial charge in [-0.3, -0.25) is 4.79 Å². The number of aryl methyl sites for hydroxylation is 2. The maximum absolute atomic E-state index is 11.1. The minimum atomic E-state index is 0.167. The highest BCUT2D eigenvalue weighted by atomic mass is 32.1. The van der Waals surface area contributed by atoms with E-state index in [1.807, 2.05) is 5.38 Å². The second kappa shape index (κ2) is 4.65. The van der Waals surface area contributed by atoms with Gasteiger partial charge in [-0.1, -0.05) is 12.1 Å². The van der Waals surface area contributed by atoms with E-state index < -0.39 is 0 Å². The summed E-state index contributed by atoms with van der Waals surface area (Å²) < 4.78 is 0. The molecule has 0 atom stereocenters. The summed E-state index contributed by atoms with van der Waals surface area (Å²) in [6.45, 7) is 1.61. The van der Waals surface area contributed by atoms with Crippen molar-refractivity contribution in [2.75, 3.05) is 0 Å². The topological polar surface area (TPSA) is 30.0 Å². The number of carbonyl (C=O) groups excluding carboxylic acids is 1. The number of benzene rings is 1. The number of rotatable bonds is 3. The molecule has 1 heterocycles. The first-order valence-corrected chi connectivity index (χ1v) is 7.16. The van der Waals surface area contributed by atoms with Crippen molar-refractivity contribution in [3.05, 3.63) is 40.4 Å². The molecule has 3 heteroatoms. The Kier molecular flexibility index (Phi) is 3.00. The van der Waals surface area contributed by atoms with E-state index in [0.717, 1.165) is 10.7 Å². The fraction of sp³-hybridized carbons (Fsp3) is 0.333. The van der Waals surface area contributed by atoms with Crippen molar-refractivity contribution >= 4 is 17.1 Å². The summed E-state index contributed by atoms with van der Waals surface area (Å²) in [5.41, 5.74) is 5.04. The van der Waals surface area contributed by atoms with Gasteiger partial charge < -0.3 is 0 Å². The first kappa shape index (κ1) is 11.6. The largest absolute Gasteiger partial charge is 0.300 e. The van der Waals surface area contributed by atoms with Crippen LogP contribution in [0.15, 0.2) is 23.6 Å². The third-order valence-corrected chi connectivity index (χ3v) is 4.27. The molecule has 3 rings (SSSR count). The molecule has 92 valence electrons. The van der Waals surface area contributed by atoms with Crippen LogP contribution in [0.3, 0.4) is 0 Å². The molecule has 0 saturated heterocycles. The third-order valence-electron chi connectivity index (χ3n) is 3.33. The standard InChI is InChI=1S/C15H15NOS/c1-10(17)7-14-9-18-15(16-14)13-6-5-11-3-2-4-12(11)8-13/h5-6,8-9H,2-4,7H2,1H3. The van der Waals surface area contributed by atoms with Crippen molar-refractivity contribution in [2.45, 2.75) is 32.6 Å². The summed E-state index contributed by atoms with van der Waals surface area (Å²) in [5.74, 6) is 0.167. The van der Waals surface area contributed by atoms with Gasteiger partial charge in [-0.2, -0.15) is 0 Å². The number of fused-ring (bicyclic) bond motifs is 1. The van der Waals surface area contributed by atoms with Crippen molar-refractivity contribution in [3.8, 4) is 10.6 Å². The van der Waals surface area contributed by atoms with Crippen molar-refractivity contribution in [1.29, 1.82) is 0 Å². The predicted octanol–water partition coefficient (Wildman–Crippen LogP) is 3.43. The summed E-state index contributed by atoms with van der Waals surface area (Å²) >= 11 is 1.63. The first-order chi connectivity index (χ1) is 8.72. The normalized spacial score (nSPS) is 13.6. The van der Waals surface area contributed by atoms with Gasteiger partial charge in [-0.25, -0.2) is 4.98 Å². The molecule has 2 nitrogen and oxygen atoms in total. The lowest BCUT2D eigenvalue weighted by Gasteiger charge is -2.01. The second-order valence-electron chi connectivity index (χ2n) is 4.86. The van der Waals surface area contributed by atoms with E-state index in [2.05, 4.69) is 23.2 Å². The highest BCUT2D eigenvalue weighted by molar-refractivity contribution is 7.13. The molecule has 1 aromatic carbocycles. The molecule has 0 spiro atoms. The van der Waals surface area contributed by atoms with Crippen LogP contribution in [0, 0.1) is 0 Å². The Hall–Kier alpha value is -1.48. The van der Waals surface area contributed by atoms with Crippen LogP contribution in [0.2, 0.25) is 0 Å². The second-order valence-corrected chi connectivity index (χ2v) is 5.72. The van der Waals surface area contributed by atoms with Crippen LogP contribution in [0.4, 0.5) is 0 Å². The molecule has 18 heavy (non-hydrogen) atoms. The Labute approximate surface area is 111 Å². The average molecular weight is 257 g/mol. The number of hydrogen-bond donors (Lipinski definition) is 0. The zero-order chi connectivity index (χ0) is 12.5. The number of nitrogens with zero attached hydrogens (tertiary/aromatic N) is 1. The molecular formula is C15H15NOS. The molecule has 0 amide bonds. The van der Waals surface area contributed by atoms with Crippen molar-refractivity contribution in [3.63, 3.8) is 0 Å². The quantitative estimate of drug-likeness (QED) is 0.843. The smallest absolute Gasteiger partial charge is 0.135 e. The molecule has 2 aromatic rings. The molecule has 0 unspecified atom stereocenters. The minimum Gasteiger partial charge on any atom is -0.300 e. The van der Waals surface area contributed by atoms with Crippen LogP contribution in [0.25, 0.3) is 10.6 Å². The Morgan fingerprint density at radius 1 is 1.33 bits per heavy atom. The van der Waals surface area contributed by atoms with Crippen molar-refractivity contribution in [1.82, 2.24) is 4.98 Å². The van der Waals surface area contributed by atoms with Crippen LogP contribution in [-0.2, 0) is 24.1 Å². The SMILES string of the molecule is CC(=O)Cc1csc(-c2ccc3c(c2)CCC3)n1. The molecule has 0 fully saturated rings. The summed E-state index contributed by atoms with van der Waals surface area (Å²) in [6.07, 6.45) is 4.12. The molecule has 0 saturated carbocycles. The van der Waals surface area contributed by atoms with Crippen LogP contribution >= 0.6 is 11.3 Å². The highest BCUT2D eigenvalue weighted by Gasteiger charge is 2.13. The summed E-state index contributed by atoms with van der Waals surface area (Å²) in [5, 5.41) is 3.02. The highest BCUT2D eigenvalue weighted by Crippen LogP contribution is 2.29. The fourth-order valence-electron chi connectivity index (χ4n) is 2.48. The van der Waals surface area contributed by atoms with E-state index in [4.69, 9.17) is 0 Å². The van der Waals surface area contributed by atoms with Gasteiger partial charge in [-0.05, 0) is 43.4 Å². The molecule has 0 radical (unpaired) electrons. The maximum atomic E-state index is 11.1. The lowest BCUT2D eigenvalue weighted by atomic mass is 10.1. The summed E-state index contributed by atoms with van der Waals surface area (Å²) in [6, 6.07) is 6.64. The minimum absolute atomic E-state index is 0.167. The van der Waals surface area contributed by atoms with Crippen molar-refractivity contribution < 1.29 is 4.79 Å². The Balaban J connectivity index is 1.90. The Morgan fingerprint density at radius 3 is 3.00 bits per heavy atom. The van der Waals surface area contributed by atoms with Gasteiger partial charge in [0.1, 0.15) is 10.8 Å². The fourth-order valence-corrected chi connectivity index (χ4v) is 3.30. The number of hydrogen-bond acceptors (Lipinski definition) is 3. The van der Waals surface area contributed by atoms with Crippen LogP contribution < -0.4 is 0 Å². The Morgan fingerprint density at radius 2 is 2.17 bits per heavy atom. The number of Topliss-reactive ketones (excluding diaryl/α,β-unsaturated/α-hetero) is 1. The van der Waals surface area contributed by atoms with E-state index >= 15 is 0 Å². The van der Waals surface area contributed by atoms with Gasteiger partial charge >= 0.3 is 0 Å². The molecule has 1 aliphatic carbocycles. The summed E-state index contributed by atoms with van der Waals surface area (Å²) in [4.78, 5) is 15.6. The van der Waals surface area contributed by atoms with Gasteiger partial charge in [0.25, 0.3) is 0 Å². The van der Waals surface area contributed by atoms with Gasteiger partial charge in [0.15, 0.2) is 0 Å². The zero-order valence-electron chi connectivity index (χ0n) is 10.4. The van der Waals surface area contributed by atoms with E-state index in [1.54, 1.807) is 18.3 Å². The van der Waals surface area contributed by atoms with Gasteiger partial charge in [-0.15, -0.1) is 11.3 Å². The van der Waals surface area contributed by atoms with Crippen molar-refractivity contribution in [2.24, 2.45) is 0 Å². The van der Waals surface area contributed by atoms with E-state index in [0.29, 0.717) is 6.42 Å². The predicted molar refractivity (Wildman–Crippen MR) is 74.0 cm³/mol. The molecular weight excluding hydrogens is 242 g/mol. The molecule has 1 aliphatic rings. The Bertz CT molecular complexity index is 600. The third kappa shape index (κ3) is 2.23. The molecule has 0 aliphatic heterocycles. The number of thiazole rings is 1. The monoisotopic (exact) mass is 257 g/mol. The molecule has 1 aromatic heterocycles. The van der Waals surface area contributed by atoms with Gasteiger partial charge in [0.05, 0.1) is 5.69 Å². The van der Waals surface area contributed by atoms with E-state index in [-0.39, 0.29) is 5.78 Å². The zero-order valence-corrected chi connectivity index (χ0v) is 11.2. The van der Waals surface area contributed by atoms with Crippen LogP contribution in [0.1, 0.15) is 30.2 Å². The number of carbonyl (C=O) groups is 1. The maximum Gasteiger partial charge on any atom is 0.135 e. The van der Waals surface area contributed by atoms with E-state index in [1.165, 1.54) is 36.0 Å². The summed E-state index contributed by atoms with van der Waals surface area (Å²) in [7, 11) is 0. The van der Waals surface area contributed by atoms with Crippen LogP contribution in [0.5, 0.6) is 0 Å². The van der Waals surface area contributed by atoms with Crippen LogP contribution in [-0.4, -0.2) is 10.8 Å². The molecule has 0 bridgehead atoms.